The number of amides is 1. The van der Waals surface area contributed by atoms with Gasteiger partial charge in [0, 0.05) is 48.7 Å². The Morgan fingerprint density at radius 2 is 2.12 bits per heavy atom. The molecule has 1 aliphatic rings. The number of hydrogen-bond acceptors (Lipinski definition) is 7. The Morgan fingerprint density at radius 1 is 1.28 bits per heavy atom. The number of pyridine rings is 1. The van der Waals surface area contributed by atoms with Crippen molar-refractivity contribution in [2.75, 3.05) is 49.6 Å². The number of carbonyl (C=O) groups excluding carboxylic acids is 1. The molecule has 8 nitrogen and oxygen atoms in total. The van der Waals surface area contributed by atoms with Crippen LogP contribution in [0.3, 0.4) is 0 Å². The number of anilines is 3. The molecule has 1 fully saturated rings. The van der Waals surface area contributed by atoms with E-state index in [1.807, 2.05) is 30.3 Å². The van der Waals surface area contributed by atoms with Crippen molar-refractivity contribution in [1.29, 1.82) is 0 Å². The van der Waals surface area contributed by atoms with Gasteiger partial charge in [0.15, 0.2) is 0 Å². The van der Waals surface area contributed by atoms with Crippen LogP contribution in [-0.4, -0.2) is 65.2 Å². The summed E-state index contributed by atoms with van der Waals surface area (Å²) in [5.74, 6) is 0.702. The lowest BCUT2D eigenvalue weighted by molar-refractivity contribution is -0.114. The summed E-state index contributed by atoms with van der Waals surface area (Å²) in [6.07, 6.45) is 5.50. The van der Waals surface area contributed by atoms with Gasteiger partial charge in [-0.2, -0.15) is 4.98 Å². The molecule has 1 aromatic carbocycles. The van der Waals surface area contributed by atoms with Gasteiger partial charge in [-0.1, -0.05) is 28.6 Å². The highest BCUT2D eigenvalue weighted by molar-refractivity contribution is 9.10. The molecule has 0 atom stereocenters. The summed E-state index contributed by atoms with van der Waals surface area (Å²) in [7, 11) is 0. The number of hydrogen-bond donors (Lipinski definition) is 1. The highest BCUT2D eigenvalue weighted by atomic mass is 79.9. The fraction of sp³-hybridized carbons (Fsp3) is 0.304. The Morgan fingerprint density at radius 3 is 2.91 bits per heavy atom. The van der Waals surface area contributed by atoms with E-state index >= 15 is 0 Å². The Hall–Kier alpha value is -2.88. The molecule has 1 saturated heterocycles. The van der Waals surface area contributed by atoms with Crippen LogP contribution in [0, 0.1) is 0 Å². The van der Waals surface area contributed by atoms with Gasteiger partial charge in [-0.3, -0.25) is 19.6 Å². The highest BCUT2D eigenvalue weighted by Gasteiger charge is 2.19. The van der Waals surface area contributed by atoms with E-state index in [-0.39, 0.29) is 5.91 Å². The molecule has 0 unspecified atom stereocenters. The lowest BCUT2D eigenvalue weighted by Crippen LogP contribution is -2.39. The second-order valence-electron chi connectivity index (χ2n) is 7.40. The van der Waals surface area contributed by atoms with Crippen molar-refractivity contribution in [1.82, 2.24) is 19.9 Å². The molecule has 1 aliphatic heterocycles. The third-order valence-electron chi connectivity index (χ3n) is 5.21. The third kappa shape index (κ3) is 5.48. The fourth-order valence-corrected chi connectivity index (χ4v) is 3.97. The van der Waals surface area contributed by atoms with Gasteiger partial charge >= 0.3 is 0 Å². The SMILES string of the molecule is C=CC(=O)N(CCCN1CCOCC1)c1nc(Nc2cccc(Br)c2)c2cnccc2n1. The number of ether oxygens (including phenoxy) is 1. The average molecular weight is 497 g/mol. The summed E-state index contributed by atoms with van der Waals surface area (Å²) in [5, 5.41) is 4.11. The summed E-state index contributed by atoms with van der Waals surface area (Å²) < 4.78 is 6.36. The molecule has 9 heteroatoms. The molecular formula is C23H25BrN6O2. The van der Waals surface area contributed by atoms with Crippen molar-refractivity contribution in [3.63, 3.8) is 0 Å². The van der Waals surface area contributed by atoms with Crippen molar-refractivity contribution in [2.45, 2.75) is 6.42 Å². The van der Waals surface area contributed by atoms with Gasteiger partial charge in [-0.05, 0) is 36.8 Å². The molecule has 0 spiro atoms. The summed E-state index contributed by atoms with van der Waals surface area (Å²) in [5.41, 5.74) is 1.57. The van der Waals surface area contributed by atoms with Crippen LogP contribution in [0.2, 0.25) is 0 Å². The Kier molecular flexibility index (Phi) is 7.41. The predicted molar refractivity (Wildman–Crippen MR) is 129 cm³/mol. The summed E-state index contributed by atoms with van der Waals surface area (Å²) in [6, 6.07) is 9.61. The smallest absolute Gasteiger partial charge is 0.252 e. The molecule has 166 valence electrons. The first-order chi connectivity index (χ1) is 15.6. The molecule has 3 aromatic rings. The molecule has 0 aliphatic carbocycles. The van der Waals surface area contributed by atoms with E-state index in [4.69, 9.17) is 9.72 Å². The standard InChI is InChI=1S/C23H25BrN6O2/c1-2-21(31)30(10-4-9-29-11-13-32-14-12-29)23-27-20-7-8-25-16-19(20)22(28-23)26-18-6-3-5-17(24)15-18/h2-3,5-8,15-16H,1,4,9-14H2,(H,26,27,28). The van der Waals surface area contributed by atoms with E-state index in [0.29, 0.717) is 23.8 Å². The van der Waals surface area contributed by atoms with Gasteiger partial charge in [0.25, 0.3) is 5.91 Å². The number of halogens is 1. The zero-order chi connectivity index (χ0) is 22.3. The van der Waals surface area contributed by atoms with Crippen molar-refractivity contribution in [3.05, 3.63) is 59.9 Å². The van der Waals surface area contributed by atoms with Gasteiger partial charge in [0.1, 0.15) is 5.82 Å². The van der Waals surface area contributed by atoms with Crippen molar-refractivity contribution in [3.8, 4) is 0 Å². The lowest BCUT2D eigenvalue weighted by Gasteiger charge is -2.27. The van der Waals surface area contributed by atoms with Crippen LogP contribution in [-0.2, 0) is 9.53 Å². The maximum atomic E-state index is 12.7. The second-order valence-corrected chi connectivity index (χ2v) is 8.32. The molecule has 0 radical (unpaired) electrons. The summed E-state index contributed by atoms with van der Waals surface area (Å²) in [4.78, 5) is 30.2. The minimum Gasteiger partial charge on any atom is -0.379 e. The maximum Gasteiger partial charge on any atom is 0.252 e. The topological polar surface area (TPSA) is 83.5 Å². The van der Waals surface area contributed by atoms with Gasteiger partial charge in [0.05, 0.1) is 24.1 Å². The number of carbonyl (C=O) groups is 1. The monoisotopic (exact) mass is 496 g/mol. The van der Waals surface area contributed by atoms with Crippen LogP contribution in [0.25, 0.3) is 10.9 Å². The first-order valence-electron chi connectivity index (χ1n) is 10.5. The molecular weight excluding hydrogens is 472 g/mol. The Labute approximate surface area is 195 Å². The van der Waals surface area contributed by atoms with E-state index in [9.17, 15) is 4.79 Å². The first kappa shape index (κ1) is 22.3. The molecule has 4 rings (SSSR count). The number of rotatable bonds is 8. The van der Waals surface area contributed by atoms with E-state index in [2.05, 4.69) is 42.7 Å². The summed E-state index contributed by atoms with van der Waals surface area (Å²) in [6.45, 7) is 8.37. The number of nitrogens with one attached hydrogen (secondary N) is 1. The number of aromatic nitrogens is 3. The van der Waals surface area contributed by atoms with Gasteiger partial charge < -0.3 is 10.1 Å². The van der Waals surface area contributed by atoms with Crippen LogP contribution in [0.5, 0.6) is 0 Å². The predicted octanol–water partition coefficient (Wildman–Crippen LogP) is 3.77. The minimum atomic E-state index is -0.228. The maximum absolute atomic E-state index is 12.7. The number of nitrogens with zero attached hydrogens (tertiary/aromatic N) is 5. The molecule has 32 heavy (non-hydrogen) atoms. The van der Waals surface area contributed by atoms with E-state index in [1.165, 1.54) is 6.08 Å². The van der Waals surface area contributed by atoms with Gasteiger partial charge in [-0.15, -0.1) is 0 Å². The molecule has 3 heterocycles. The first-order valence-corrected chi connectivity index (χ1v) is 11.3. The van der Waals surface area contributed by atoms with Crippen LogP contribution < -0.4 is 10.2 Å². The van der Waals surface area contributed by atoms with E-state index < -0.39 is 0 Å². The van der Waals surface area contributed by atoms with Crippen molar-refractivity contribution in [2.24, 2.45) is 0 Å². The number of morpholine rings is 1. The Balaban J connectivity index is 1.62. The van der Waals surface area contributed by atoms with Crippen LogP contribution in [0.15, 0.2) is 59.9 Å². The average Bonchev–Trinajstić information content (AvgIpc) is 2.82. The van der Waals surface area contributed by atoms with Gasteiger partial charge in [-0.25, -0.2) is 4.98 Å². The molecule has 1 amide bonds. The van der Waals surface area contributed by atoms with Crippen molar-refractivity contribution < 1.29 is 9.53 Å². The van der Waals surface area contributed by atoms with Crippen molar-refractivity contribution >= 4 is 50.2 Å². The lowest BCUT2D eigenvalue weighted by atomic mass is 10.2. The van der Waals surface area contributed by atoms with E-state index in [0.717, 1.165) is 54.8 Å². The number of fused-ring (bicyclic) bond motifs is 1. The number of benzene rings is 1. The quantitative estimate of drug-likeness (QED) is 0.475. The molecule has 1 N–H and O–H groups in total. The zero-order valence-corrected chi connectivity index (χ0v) is 19.3. The molecule has 2 aromatic heterocycles. The third-order valence-corrected chi connectivity index (χ3v) is 5.71. The van der Waals surface area contributed by atoms with Crippen LogP contribution >= 0.6 is 15.9 Å². The van der Waals surface area contributed by atoms with Crippen LogP contribution in [0.1, 0.15) is 6.42 Å². The normalized spacial score (nSPS) is 14.3. The second kappa shape index (κ2) is 10.6. The minimum absolute atomic E-state index is 0.228. The Bertz CT molecular complexity index is 1100. The largest absolute Gasteiger partial charge is 0.379 e. The molecule has 0 saturated carbocycles. The fourth-order valence-electron chi connectivity index (χ4n) is 3.58. The van der Waals surface area contributed by atoms with Gasteiger partial charge in [0.2, 0.25) is 5.95 Å². The zero-order valence-electron chi connectivity index (χ0n) is 17.7. The molecule has 0 bridgehead atoms. The summed E-state index contributed by atoms with van der Waals surface area (Å²) >= 11 is 3.49. The van der Waals surface area contributed by atoms with E-state index in [1.54, 1.807) is 17.3 Å². The highest BCUT2D eigenvalue weighted by Crippen LogP contribution is 2.27. The van der Waals surface area contributed by atoms with Crippen LogP contribution in [0.4, 0.5) is 17.5 Å².